The van der Waals surface area contributed by atoms with Crippen molar-refractivity contribution in [3.63, 3.8) is 0 Å². The molecule has 8 nitrogen and oxygen atoms in total. The third-order valence-electron chi connectivity index (χ3n) is 7.06. The zero-order valence-electron chi connectivity index (χ0n) is 21.4. The molecule has 2 aromatic carbocycles. The molecular formula is C28H30N2O6S2. The van der Waals surface area contributed by atoms with Crippen molar-refractivity contribution in [2.45, 2.75) is 56.5 Å². The van der Waals surface area contributed by atoms with Crippen LogP contribution in [0.2, 0.25) is 0 Å². The van der Waals surface area contributed by atoms with Gasteiger partial charge in [-0.1, -0.05) is 24.3 Å². The summed E-state index contributed by atoms with van der Waals surface area (Å²) in [5.41, 5.74) is 3.12. The molecule has 5 rings (SSSR count). The van der Waals surface area contributed by atoms with E-state index in [2.05, 4.69) is 5.32 Å². The zero-order valence-corrected chi connectivity index (χ0v) is 23.0. The number of amides is 1. The van der Waals surface area contributed by atoms with Gasteiger partial charge in [0.25, 0.3) is 0 Å². The number of anilines is 1. The van der Waals surface area contributed by atoms with Crippen LogP contribution in [0.25, 0.3) is 0 Å². The minimum Gasteiger partial charge on any atom is -0.497 e. The number of ether oxygens (including phenoxy) is 2. The van der Waals surface area contributed by atoms with E-state index in [4.69, 9.17) is 9.47 Å². The molecule has 0 fully saturated rings. The van der Waals surface area contributed by atoms with Crippen LogP contribution in [-0.4, -0.2) is 44.4 Å². The summed E-state index contributed by atoms with van der Waals surface area (Å²) in [7, 11) is -2.51. The Bertz CT molecular complexity index is 1460. The highest BCUT2D eigenvalue weighted by molar-refractivity contribution is 7.89. The van der Waals surface area contributed by atoms with E-state index in [0.29, 0.717) is 16.3 Å². The molecule has 1 N–H and O–H groups in total. The summed E-state index contributed by atoms with van der Waals surface area (Å²) >= 11 is 1.39. The van der Waals surface area contributed by atoms with Crippen molar-refractivity contribution in [3.8, 4) is 5.75 Å². The van der Waals surface area contributed by atoms with Crippen molar-refractivity contribution in [1.29, 1.82) is 0 Å². The average Bonchev–Trinajstić information content (AvgIpc) is 3.30. The van der Waals surface area contributed by atoms with Crippen LogP contribution in [0.3, 0.4) is 0 Å². The van der Waals surface area contributed by atoms with Crippen LogP contribution in [-0.2, 0) is 45.4 Å². The number of hydrogen-bond donors (Lipinski definition) is 1. The Hall–Kier alpha value is -3.21. The molecule has 10 heteroatoms. The Kier molecular flexibility index (Phi) is 7.56. The maximum atomic E-state index is 13.8. The maximum Gasteiger partial charge on any atom is 0.341 e. The standard InChI is InChI=1S/C28H30N2O6S2/c1-3-36-28(32)25-22-10-6-7-11-24(22)37-27(25)29-26(31)23-16-18-8-4-5-9-19(18)17-30(23)38(33,34)21-14-12-20(35-2)13-15-21/h4-5,8-9,12-15,23H,3,6-7,10-11,16-17H2,1-2H3,(H,29,31)/t23-/m1/s1. The number of nitrogens with zero attached hydrogens (tertiary/aromatic N) is 1. The van der Waals surface area contributed by atoms with Crippen LogP contribution in [0.1, 0.15) is 51.7 Å². The summed E-state index contributed by atoms with van der Waals surface area (Å²) in [6.07, 6.45) is 3.81. The number of benzene rings is 2. The first kappa shape index (κ1) is 26.4. The van der Waals surface area contributed by atoms with Gasteiger partial charge in [-0.15, -0.1) is 11.3 Å². The molecule has 2 aliphatic rings. The van der Waals surface area contributed by atoms with Crippen LogP contribution < -0.4 is 10.1 Å². The van der Waals surface area contributed by atoms with Crippen molar-refractivity contribution in [1.82, 2.24) is 4.31 Å². The first-order chi connectivity index (χ1) is 18.3. The van der Waals surface area contributed by atoms with Gasteiger partial charge >= 0.3 is 5.97 Å². The SMILES string of the molecule is CCOC(=O)c1c(NC(=O)[C@H]2Cc3ccccc3CN2S(=O)(=O)c2ccc(OC)cc2)sc2c1CCCC2. The molecule has 0 unspecified atom stereocenters. The fourth-order valence-electron chi connectivity index (χ4n) is 5.13. The van der Waals surface area contributed by atoms with E-state index in [1.165, 1.54) is 34.9 Å². The van der Waals surface area contributed by atoms with Crippen molar-refractivity contribution in [2.24, 2.45) is 0 Å². The molecule has 1 atom stereocenters. The van der Waals surface area contributed by atoms with Gasteiger partial charge in [0.1, 0.15) is 16.8 Å². The number of rotatable bonds is 7. The highest BCUT2D eigenvalue weighted by atomic mass is 32.2. The summed E-state index contributed by atoms with van der Waals surface area (Å²) in [4.78, 5) is 27.9. The van der Waals surface area contributed by atoms with Gasteiger partial charge in [0.2, 0.25) is 15.9 Å². The largest absolute Gasteiger partial charge is 0.497 e. The van der Waals surface area contributed by atoms with E-state index < -0.39 is 27.9 Å². The molecule has 1 aliphatic carbocycles. The molecule has 0 saturated carbocycles. The number of thiophene rings is 1. The second-order valence-electron chi connectivity index (χ2n) is 9.34. The third-order valence-corrected chi connectivity index (χ3v) is 10.1. The van der Waals surface area contributed by atoms with E-state index in [-0.39, 0.29) is 24.5 Å². The predicted molar refractivity (Wildman–Crippen MR) is 145 cm³/mol. The molecule has 0 bridgehead atoms. The Morgan fingerprint density at radius 2 is 1.76 bits per heavy atom. The number of carbonyl (C=O) groups is 2. The van der Waals surface area contributed by atoms with E-state index in [1.54, 1.807) is 19.1 Å². The van der Waals surface area contributed by atoms with Gasteiger partial charge in [-0.05, 0) is 80.0 Å². The van der Waals surface area contributed by atoms with Crippen LogP contribution in [0.4, 0.5) is 5.00 Å². The number of nitrogens with one attached hydrogen (secondary N) is 1. The minimum absolute atomic E-state index is 0.0638. The van der Waals surface area contributed by atoms with Gasteiger partial charge in [0.05, 0.1) is 24.2 Å². The fraction of sp³-hybridized carbons (Fsp3) is 0.357. The molecule has 3 aromatic rings. The van der Waals surface area contributed by atoms with E-state index in [1.807, 2.05) is 24.3 Å². The first-order valence-corrected chi connectivity index (χ1v) is 14.9. The van der Waals surface area contributed by atoms with Crippen molar-refractivity contribution >= 4 is 38.2 Å². The van der Waals surface area contributed by atoms with Crippen molar-refractivity contribution < 1.29 is 27.5 Å². The number of methoxy groups -OCH3 is 1. The Morgan fingerprint density at radius 1 is 1.05 bits per heavy atom. The van der Waals surface area contributed by atoms with Crippen LogP contribution in [0.5, 0.6) is 5.75 Å². The van der Waals surface area contributed by atoms with Gasteiger partial charge in [0.15, 0.2) is 0 Å². The smallest absolute Gasteiger partial charge is 0.341 e. The molecule has 1 aromatic heterocycles. The highest BCUT2D eigenvalue weighted by Gasteiger charge is 2.40. The average molecular weight is 555 g/mol. The number of aryl methyl sites for hydroxylation is 1. The van der Waals surface area contributed by atoms with Gasteiger partial charge < -0.3 is 14.8 Å². The zero-order chi connectivity index (χ0) is 26.9. The van der Waals surface area contributed by atoms with Crippen LogP contribution in [0, 0.1) is 0 Å². The van der Waals surface area contributed by atoms with Gasteiger partial charge in [-0.25, -0.2) is 13.2 Å². The molecule has 2 heterocycles. The Labute approximate surface area is 226 Å². The van der Waals surface area contributed by atoms with Crippen molar-refractivity contribution in [2.75, 3.05) is 19.0 Å². The lowest BCUT2D eigenvalue weighted by Gasteiger charge is -2.35. The lowest BCUT2D eigenvalue weighted by molar-refractivity contribution is -0.120. The number of esters is 1. The van der Waals surface area contributed by atoms with Crippen LogP contribution >= 0.6 is 11.3 Å². The number of hydrogen-bond acceptors (Lipinski definition) is 7. The van der Waals surface area contributed by atoms with Gasteiger partial charge in [-0.3, -0.25) is 4.79 Å². The Morgan fingerprint density at radius 3 is 2.47 bits per heavy atom. The molecule has 1 aliphatic heterocycles. The molecule has 0 saturated heterocycles. The summed E-state index contributed by atoms with van der Waals surface area (Å²) in [5.74, 6) is -0.393. The Balaban J connectivity index is 1.51. The van der Waals surface area contributed by atoms with E-state index >= 15 is 0 Å². The van der Waals surface area contributed by atoms with Gasteiger partial charge in [-0.2, -0.15) is 4.31 Å². The summed E-state index contributed by atoms with van der Waals surface area (Å²) < 4.78 is 39.4. The normalized spacial score (nSPS) is 17.3. The summed E-state index contributed by atoms with van der Waals surface area (Å²) in [6.45, 7) is 2.04. The second kappa shape index (κ2) is 10.9. The molecule has 200 valence electrons. The first-order valence-electron chi connectivity index (χ1n) is 12.7. The van der Waals surface area contributed by atoms with E-state index in [0.717, 1.165) is 47.3 Å². The fourth-order valence-corrected chi connectivity index (χ4v) is 7.97. The topological polar surface area (TPSA) is 102 Å². The molecule has 0 radical (unpaired) electrons. The summed E-state index contributed by atoms with van der Waals surface area (Å²) in [5, 5.41) is 3.36. The molecular weight excluding hydrogens is 524 g/mol. The number of fused-ring (bicyclic) bond motifs is 2. The van der Waals surface area contributed by atoms with Crippen molar-refractivity contribution in [3.05, 3.63) is 75.7 Å². The highest BCUT2D eigenvalue weighted by Crippen LogP contribution is 2.39. The van der Waals surface area contributed by atoms with E-state index in [9.17, 15) is 18.0 Å². The summed E-state index contributed by atoms with van der Waals surface area (Å²) in [6, 6.07) is 12.7. The monoisotopic (exact) mass is 554 g/mol. The number of carbonyl (C=O) groups excluding carboxylic acids is 2. The van der Waals surface area contributed by atoms with Crippen LogP contribution in [0.15, 0.2) is 53.4 Å². The second-order valence-corrected chi connectivity index (χ2v) is 12.3. The number of sulfonamides is 1. The lowest BCUT2D eigenvalue weighted by Crippen LogP contribution is -2.50. The quantitative estimate of drug-likeness (QED) is 0.430. The lowest BCUT2D eigenvalue weighted by atomic mass is 9.94. The maximum absolute atomic E-state index is 13.8. The van der Waals surface area contributed by atoms with Gasteiger partial charge in [0, 0.05) is 11.4 Å². The minimum atomic E-state index is -4.02. The molecule has 1 amide bonds. The molecule has 38 heavy (non-hydrogen) atoms. The predicted octanol–water partition coefficient (Wildman–Crippen LogP) is 4.57. The third kappa shape index (κ3) is 4.95. The molecule has 0 spiro atoms.